The summed E-state index contributed by atoms with van der Waals surface area (Å²) in [7, 11) is 3.39. The second kappa shape index (κ2) is 35.5. The van der Waals surface area contributed by atoms with Gasteiger partial charge in [0.1, 0.15) is 0 Å². The minimum Gasteiger partial charge on any atom is -0.326 e. The average molecular weight is 781 g/mol. The summed E-state index contributed by atoms with van der Waals surface area (Å²) in [6, 6.07) is 16.2. The fourth-order valence-electron chi connectivity index (χ4n) is 7.04. The first-order valence-corrected chi connectivity index (χ1v) is 24.9. The van der Waals surface area contributed by atoms with Crippen LogP contribution in [-0.2, 0) is 9.59 Å². The van der Waals surface area contributed by atoms with Crippen molar-refractivity contribution in [1.82, 2.24) is 0 Å². The number of nitrogens with one attached hydrogen (secondary N) is 2. The van der Waals surface area contributed by atoms with Gasteiger partial charge < -0.3 is 10.6 Å². The van der Waals surface area contributed by atoms with Crippen molar-refractivity contribution in [2.24, 2.45) is 0 Å². The molecule has 0 atom stereocenters. The van der Waals surface area contributed by atoms with Crippen LogP contribution < -0.4 is 10.6 Å². The molecule has 0 unspecified atom stereocenters. The first-order valence-electron chi connectivity index (χ1n) is 22.7. The molecular formula is C48H80N2O2S2. The third-order valence-corrected chi connectivity index (χ3v) is 12.9. The van der Waals surface area contributed by atoms with Crippen molar-refractivity contribution in [3.8, 4) is 0 Å². The van der Waals surface area contributed by atoms with Crippen LogP contribution in [0.15, 0.2) is 58.3 Å². The van der Waals surface area contributed by atoms with Gasteiger partial charge in [-0.3, -0.25) is 9.59 Å². The third-order valence-electron chi connectivity index (χ3n) is 10.5. The summed E-state index contributed by atoms with van der Waals surface area (Å²) in [5.41, 5.74) is 1.72. The average Bonchev–Trinajstić information content (AvgIpc) is 3.18. The highest BCUT2D eigenvalue weighted by molar-refractivity contribution is 8.76. The lowest BCUT2D eigenvalue weighted by atomic mass is 10.0. The number of amides is 2. The van der Waals surface area contributed by atoms with Gasteiger partial charge in [-0.25, -0.2) is 0 Å². The van der Waals surface area contributed by atoms with Crippen molar-refractivity contribution in [3.63, 3.8) is 0 Å². The molecule has 306 valence electrons. The minimum absolute atomic E-state index is 0.112. The summed E-state index contributed by atoms with van der Waals surface area (Å²) in [5.74, 6) is 0.225. The van der Waals surface area contributed by atoms with Crippen molar-refractivity contribution in [2.75, 3.05) is 10.6 Å². The van der Waals surface area contributed by atoms with Crippen molar-refractivity contribution in [2.45, 2.75) is 229 Å². The Morgan fingerprint density at radius 2 is 0.574 bits per heavy atom. The SMILES string of the molecule is CCCCCCCCCCCCCCCCCC(=O)Nc1ccc(SSc2ccc(NC(=O)CCCCCCCCCCCCCCCCC)cc2)cc1. The van der Waals surface area contributed by atoms with Crippen molar-refractivity contribution in [3.05, 3.63) is 48.5 Å². The Morgan fingerprint density at radius 1 is 0.352 bits per heavy atom. The van der Waals surface area contributed by atoms with Gasteiger partial charge in [-0.05, 0) is 61.4 Å². The molecule has 2 rings (SSSR count). The summed E-state index contributed by atoms with van der Waals surface area (Å²) in [6.45, 7) is 4.57. The van der Waals surface area contributed by atoms with Gasteiger partial charge in [0.25, 0.3) is 0 Å². The van der Waals surface area contributed by atoms with Crippen molar-refractivity contribution >= 4 is 44.8 Å². The maximum absolute atomic E-state index is 12.5. The summed E-state index contributed by atoms with van der Waals surface area (Å²) in [4.78, 5) is 27.2. The van der Waals surface area contributed by atoms with E-state index in [1.54, 1.807) is 21.6 Å². The standard InChI is InChI=1S/C48H80N2O2S2/c1-3-5-7-9-11-13-15-17-19-21-23-25-27-29-31-33-47(51)49-43-35-39-45(40-36-43)53-54-46-41-37-44(38-42-46)50-48(52)34-32-30-28-26-24-22-20-18-16-14-12-10-8-6-4-2/h35-42H,3-34H2,1-2H3,(H,49,51)(H,50,52). The van der Waals surface area contributed by atoms with Gasteiger partial charge in [-0.2, -0.15) is 0 Å². The molecule has 54 heavy (non-hydrogen) atoms. The molecule has 6 heteroatoms. The fraction of sp³-hybridized carbons (Fsp3) is 0.708. The van der Waals surface area contributed by atoms with Gasteiger partial charge in [0, 0.05) is 34.0 Å². The van der Waals surface area contributed by atoms with Gasteiger partial charge in [-0.15, -0.1) is 0 Å². The number of hydrogen-bond acceptors (Lipinski definition) is 4. The Kier molecular flexibility index (Phi) is 31.7. The van der Waals surface area contributed by atoms with Gasteiger partial charge in [0.2, 0.25) is 11.8 Å². The van der Waals surface area contributed by atoms with E-state index in [2.05, 4.69) is 48.7 Å². The van der Waals surface area contributed by atoms with E-state index < -0.39 is 0 Å². The van der Waals surface area contributed by atoms with Gasteiger partial charge in [0.05, 0.1) is 0 Å². The predicted octanol–water partition coefficient (Wildman–Crippen LogP) is 16.9. The van der Waals surface area contributed by atoms with E-state index in [0.29, 0.717) is 12.8 Å². The Morgan fingerprint density at radius 3 is 0.815 bits per heavy atom. The predicted molar refractivity (Wildman–Crippen MR) is 241 cm³/mol. The molecular weight excluding hydrogens is 701 g/mol. The Hall–Kier alpha value is -1.92. The van der Waals surface area contributed by atoms with Crippen LogP contribution in [0.25, 0.3) is 0 Å². The Labute approximate surface area is 341 Å². The van der Waals surface area contributed by atoms with Crippen molar-refractivity contribution < 1.29 is 9.59 Å². The highest BCUT2D eigenvalue weighted by atomic mass is 33.1. The maximum Gasteiger partial charge on any atom is 0.224 e. The molecule has 2 aromatic carbocycles. The largest absolute Gasteiger partial charge is 0.326 e. The van der Waals surface area contributed by atoms with Crippen LogP contribution >= 0.6 is 21.6 Å². The van der Waals surface area contributed by atoms with Crippen LogP contribution in [0.2, 0.25) is 0 Å². The fourth-order valence-corrected chi connectivity index (χ4v) is 8.98. The summed E-state index contributed by atoms with van der Waals surface area (Å²) in [6.07, 6.45) is 41.2. The molecule has 2 amide bonds. The lowest BCUT2D eigenvalue weighted by molar-refractivity contribution is -0.117. The van der Waals surface area contributed by atoms with E-state index >= 15 is 0 Å². The molecule has 0 radical (unpaired) electrons. The van der Waals surface area contributed by atoms with Gasteiger partial charge >= 0.3 is 0 Å². The Balaban J connectivity index is 1.43. The molecule has 0 heterocycles. The smallest absolute Gasteiger partial charge is 0.224 e. The van der Waals surface area contributed by atoms with E-state index in [1.165, 1.54) is 167 Å². The highest BCUT2D eigenvalue weighted by Crippen LogP contribution is 2.38. The molecule has 0 aliphatic heterocycles. The number of carbonyl (C=O) groups excluding carboxylic acids is 2. The zero-order chi connectivity index (χ0) is 38.6. The molecule has 0 aliphatic carbocycles. The normalized spacial score (nSPS) is 11.2. The Bertz CT molecular complexity index is 1060. The van der Waals surface area contributed by atoms with Gasteiger partial charge in [0.15, 0.2) is 0 Å². The first kappa shape index (κ1) is 48.2. The molecule has 0 aromatic heterocycles. The van der Waals surface area contributed by atoms with Crippen LogP contribution in [0.1, 0.15) is 219 Å². The molecule has 4 nitrogen and oxygen atoms in total. The van der Waals surface area contributed by atoms with E-state index in [-0.39, 0.29) is 11.8 Å². The molecule has 0 bridgehead atoms. The number of hydrogen-bond donors (Lipinski definition) is 2. The second-order valence-corrected chi connectivity index (χ2v) is 18.0. The summed E-state index contributed by atoms with van der Waals surface area (Å²) in [5, 5.41) is 6.13. The molecule has 0 aliphatic rings. The van der Waals surface area contributed by atoms with Crippen LogP contribution in [-0.4, -0.2) is 11.8 Å². The van der Waals surface area contributed by atoms with E-state index in [4.69, 9.17) is 0 Å². The lowest BCUT2D eigenvalue weighted by Gasteiger charge is -2.08. The van der Waals surface area contributed by atoms with Crippen LogP contribution in [0, 0.1) is 0 Å². The van der Waals surface area contributed by atoms with Gasteiger partial charge in [-0.1, -0.05) is 215 Å². The summed E-state index contributed by atoms with van der Waals surface area (Å²) >= 11 is 0. The summed E-state index contributed by atoms with van der Waals surface area (Å²) < 4.78 is 0. The topological polar surface area (TPSA) is 58.2 Å². The molecule has 2 aromatic rings. The van der Waals surface area contributed by atoms with Crippen molar-refractivity contribution in [1.29, 1.82) is 0 Å². The zero-order valence-electron chi connectivity index (χ0n) is 34.9. The first-order chi connectivity index (χ1) is 26.6. The molecule has 0 saturated heterocycles. The van der Waals surface area contributed by atoms with E-state index in [9.17, 15) is 9.59 Å². The number of anilines is 2. The quantitative estimate of drug-likeness (QED) is 0.0530. The third kappa shape index (κ3) is 28.5. The van der Waals surface area contributed by atoms with E-state index in [0.717, 1.165) is 46.8 Å². The zero-order valence-corrected chi connectivity index (χ0v) is 36.5. The minimum atomic E-state index is 0.112. The second-order valence-electron chi connectivity index (χ2n) is 15.7. The monoisotopic (exact) mass is 781 g/mol. The van der Waals surface area contributed by atoms with Crippen LogP contribution in [0.3, 0.4) is 0 Å². The molecule has 2 N–H and O–H groups in total. The number of carbonyl (C=O) groups is 2. The molecule has 0 spiro atoms. The molecule has 0 fully saturated rings. The lowest BCUT2D eigenvalue weighted by Crippen LogP contribution is -2.10. The maximum atomic E-state index is 12.5. The molecule has 0 saturated carbocycles. The number of rotatable bonds is 37. The number of unbranched alkanes of at least 4 members (excludes halogenated alkanes) is 28. The number of benzene rings is 2. The van der Waals surface area contributed by atoms with Crippen LogP contribution in [0.5, 0.6) is 0 Å². The van der Waals surface area contributed by atoms with E-state index in [1.807, 2.05) is 24.3 Å². The highest BCUT2D eigenvalue weighted by Gasteiger charge is 2.06. The van der Waals surface area contributed by atoms with Crippen LogP contribution in [0.4, 0.5) is 11.4 Å².